The van der Waals surface area contributed by atoms with Crippen molar-refractivity contribution in [1.29, 1.82) is 0 Å². The van der Waals surface area contributed by atoms with Gasteiger partial charge in [0.2, 0.25) is 0 Å². The first-order valence-corrected chi connectivity index (χ1v) is 12.7. The normalized spacial score (nSPS) is 20.9. The van der Waals surface area contributed by atoms with Crippen molar-refractivity contribution in [3.63, 3.8) is 0 Å². The van der Waals surface area contributed by atoms with E-state index in [0.29, 0.717) is 0 Å². The Morgan fingerprint density at radius 1 is 1.17 bits per heavy atom. The van der Waals surface area contributed by atoms with Gasteiger partial charge in [0.15, 0.2) is 0 Å². The Kier molecular flexibility index (Phi) is 6.89. The smallest absolute Gasteiger partial charge is 0.129 e. The molecule has 1 atom stereocenters. The fourth-order valence-corrected chi connectivity index (χ4v) is 3.67. The van der Waals surface area contributed by atoms with Crippen molar-refractivity contribution in [3.8, 4) is 11.5 Å². The third-order valence-corrected chi connectivity index (χ3v) is 5.51. The van der Waals surface area contributed by atoms with Crippen LogP contribution in [0.15, 0.2) is 42.0 Å². The number of hydrogen-bond donors (Lipinski definition) is 0. The maximum atomic E-state index is 5.86. The summed E-state index contributed by atoms with van der Waals surface area (Å²) in [4.78, 5) is 0. The van der Waals surface area contributed by atoms with Gasteiger partial charge in [0.05, 0.1) is 6.61 Å². The summed E-state index contributed by atoms with van der Waals surface area (Å²) in [5.74, 6) is 3.55. The van der Waals surface area contributed by atoms with E-state index in [1.807, 2.05) is 6.07 Å². The van der Waals surface area contributed by atoms with Gasteiger partial charge in [0, 0.05) is 17.6 Å². The molecule has 0 N–H and O–H groups in total. The summed E-state index contributed by atoms with van der Waals surface area (Å²) < 4.78 is 5.86. The molecule has 0 unspecified atom stereocenters. The molecule has 0 aliphatic heterocycles. The van der Waals surface area contributed by atoms with E-state index in [9.17, 15) is 0 Å². The fourth-order valence-electron chi connectivity index (χ4n) is 3.16. The summed E-state index contributed by atoms with van der Waals surface area (Å²) in [6.07, 6.45) is 8.41. The van der Waals surface area contributed by atoms with Crippen LogP contribution in [-0.4, -0.2) is 14.7 Å². The van der Waals surface area contributed by atoms with Crippen molar-refractivity contribution in [2.45, 2.75) is 65.3 Å². The van der Waals surface area contributed by atoms with Crippen LogP contribution in [0.5, 0.6) is 0 Å². The third kappa shape index (κ3) is 6.30. The van der Waals surface area contributed by atoms with Gasteiger partial charge in [-0.15, -0.1) is 5.54 Å². The molecule has 24 heavy (non-hydrogen) atoms. The quantitative estimate of drug-likeness (QED) is 0.351. The highest BCUT2D eigenvalue weighted by molar-refractivity contribution is 6.83. The number of ether oxygens (including phenoxy) is 1. The molecule has 1 aliphatic carbocycles. The Labute approximate surface area is 149 Å². The first-order valence-electron chi connectivity index (χ1n) is 9.25. The second-order valence-corrected chi connectivity index (χ2v) is 13.0. The predicted molar refractivity (Wildman–Crippen MR) is 106 cm³/mol. The lowest BCUT2D eigenvalue weighted by molar-refractivity contribution is 0.109. The molecule has 0 bridgehead atoms. The molecular formula is C22H32OSi. The lowest BCUT2D eigenvalue weighted by atomic mass is 9.71. The summed E-state index contributed by atoms with van der Waals surface area (Å²) >= 11 is 0. The molecule has 2 heteroatoms. The average molecular weight is 341 g/mol. The molecule has 1 aromatic carbocycles. The van der Waals surface area contributed by atoms with Gasteiger partial charge < -0.3 is 4.74 Å². The minimum Gasteiger partial charge on any atom is -0.377 e. The molecule has 0 radical (unpaired) electrons. The SMILES string of the molecule is C[C@@]1(CCCOCc2ccccc2)CCCC=C1C#C[Si](C)(C)C. The Balaban J connectivity index is 1.83. The van der Waals surface area contributed by atoms with Crippen LogP contribution in [-0.2, 0) is 11.3 Å². The van der Waals surface area contributed by atoms with Gasteiger partial charge in [-0.25, -0.2) is 0 Å². The maximum Gasteiger partial charge on any atom is 0.129 e. The highest BCUT2D eigenvalue weighted by Gasteiger charge is 2.29. The Hall–Kier alpha value is -1.30. The van der Waals surface area contributed by atoms with Crippen LogP contribution in [0.2, 0.25) is 19.6 Å². The minimum absolute atomic E-state index is 0.251. The van der Waals surface area contributed by atoms with Crippen LogP contribution in [0.25, 0.3) is 0 Å². The van der Waals surface area contributed by atoms with Crippen LogP contribution in [0.4, 0.5) is 0 Å². The maximum absolute atomic E-state index is 5.86. The van der Waals surface area contributed by atoms with Gasteiger partial charge in [-0.2, -0.15) is 0 Å². The first kappa shape index (κ1) is 19.0. The van der Waals surface area contributed by atoms with E-state index in [0.717, 1.165) is 19.6 Å². The fraction of sp³-hybridized carbons (Fsp3) is 0.545. The molecule has 0 amide bonds. The van der Waals surface area contributed by atoms with Crippen molar-refractivity contribution >= 4 is 8.07 Å². The van der Waals surface area contributed by atoms with Gasteiger partial charge in [-0.3, -0.25) is 0 Å². The van der Waals surface area contributed by atoms with E-state index in [1.54, 1.807) is 0 Å². The Bertz CT molecular complexity index is 600. The summed E-state index contributed by atoms with van der Waals surface area (Å²) in [6.45, 7) is 10.9. The molecule has 2 rings (SSSR count). The van der Waals surface area contributed by atoms with Crippen molar-refractivity contribution in [2.24, 2.45) is 5.41 Å². The molecule has 0 spiro atoms. The van der Waals surface area contributed by atoms with Crippen LogP contribution < -0.4 is 0 Å². The van der Waals surface area contributed by atoms with Crippen molar-refractivity contribution in [2.75, 3.05) is 6.61 Å². The largest absolute Gasteiger partial charge is 0.377 e. The zero-order valence-corrected chi connectivity index (χ0v) is 16.8. The standard InChI is InChI=1S/C22H32OSi/c1-22(15-9-8-13-21(22)14-18-24(2,3)4)16-10-17-23-19-20-11-6-5-7-12-20/h5-7,11-13H,8-10,15-17,19H2,1-4H3/t22-/m0/s1. The van der Waals surface area contributed by atoms with E-state index in [2.05, 4.69) is 68.4 Å². The molecule has 0 saturated heterocycles. The molecule has 0 heterocycles. The van der Waals surface area contributed by atoms with Crippen molar-refractivity contribution < 1.29 is 4.74 Å². The lowest BCUT2D eigenvalue weighted by Gasteiger charge is -2.33. The summed E-state index contributed by atoms with van der Waals surface area (Å²) in [5, 5.41) is 0. The highest BCUT2D eigenvalue weighted by atomic mass is 28.3. The topological polar surface area (TPSA) is 9.23 Å². The van der Waals surface area contributed by atoms with E-state index >= 15 is 0 Å². The van der Waals surface area contributed by atoms with E-state index in [-0.39, 0.29) is 5.41 Å². The zero-order valence-electron chi connectivity index (χ0n) is 15.8. The summed E-state index contributed by atoms with van der Waals surface area (Å²) in [6, 6.07) is 10.4. The molecule has 1 aromatic rings. The average Bonchev–Trinajstić information content (AvgIpc) is 2.54. The number of allylic oxidation sites excluding steroid dienone is 2. The number of benzene rings is 1. The van der Waals surface area contributed by atoms with Gasteiger partial charge in [-0.05, 0) is 37.7 Å². The van der Waals surface area contributed by atoms with Crippen LogP contribution in [0.1, 0.15) is 44.6 Å². The van der Waals surface area contributed by atoms with Gasteiger partial charge in [0.25, 0.3) is 0 Å². The molecule has 130 valence electrons. The molecule has 1 aliphatic rings. The van der Waals surface area contributed by atoms with Crippen LogP contribution in [0, 0.1) is 16.9 Å². The van der Waals surface area contributed by atoms with Crippen LogP contribution >= 0.6 is 0 Å². The Morgan fingerprint density at radius 3 is 2.62 bits per heavy atom. The highest BCUT2D eigenvalue weighted by Crippen LogP contribution is 2.40. The summed E-state index contributed by atoms with van der Waals surface area (Å²) in [5.41, 5.74) is 6.45. The van der Waals surface area contributed by atoms with Crippen molar-refractivity contribution in [1.82, 2.24) is 0 Å². The molecular weight excluding hydrogens is 308 g/mol. The van der Waals surface area contributed by atoms with Gasteiger partial charge in [-0.1, -0.05) is 68.9 Å². The van der Waals surface area contributed by atoms with E-state index in [1.165, 1.54) is 36.8 Å². The second-order valence-electron chi connectivity index (χ2n) is 8.21. The lowest BCUT2D eigenvalue weighted by Crippen LogP contribution is -2.23. The van der Waals surface area contributed by atoms with Gasteiger partial charge >= 0.3 is 0 Å². The predicted octanol–water partition coefficient (Wildman–Crippen LogP) is 5.98. The van der Waals surface area contributed by atoms with E-state index < -0.39 is 8.07 Å². The Morgan fingerprint density at radius 2 is 1.92 bits per heavy atom. The summed E-state index contributed by atoms with van der Waals surface area (Å²) in [7, 11) is -1.31. The monoisotopic (exact) mass is 340 g/mol. The second kappa shape index (κ2) is 8.69. The third-order valence-electron chi connectivity index (χ3n) is 4.63. The molecule has 0 saturated carbocycles. The van der Waals surface area contributed by atoms with Crippen molar-refractivity contribution in [3.05, 3.63) is 47.5 Å². The van der Waals surface area contributed by atoms with Crippen LogP contribution in [0.3, 0.4) is 0 Å². The first-order chi connectivity index (χ1) is 11.4. The molecule has 0 fully saturated rings. The van der Waals surface area contributed by atoms with Gasteiger partial charge in [0.1, 0.15) is 8.07 Å². The number of hydrogen-bond acceptors (Lipinski definition) is 1. The molecule has 1 nitrogen and oxygen atoms in total. The van der Waals surface area contributed by atoms with E-state index in [4.69, 9.17) is 4.74 Å². The molecule has 0 aromatic heterocycles. The zero-order chi connectivity index (χ0) is 17.5. The number of rotatable bonds is 6. The minimum atomic E-state index is -1.31.